The summed E-state index contributed by atoms with van der Waals surface area (Å²) in [6, 6.07) is 6.21. The van der Waals surface area contributed by atoms with Gasteiger partial charge in [0.05, 0.1) is 12.8 Å². The molecule has 0 unspecified atom stereocenters. The van der Waals surface area contributed by atoms with Gasteiger partial charge in [-0.05, 0) is 11.6 Å². The third kappa shape index (κ3) is 4.28. The maximum absolute atomic E-state index is 5.04. The lowest BCUT2D eigenvalue weighted by molar-refractivity contribution is 0.397. The van der Waals surface area contributed by atoms with Crippen molar-refractivity contribution in [1.82, 2.24) is 20.3 Å². The zero-order valence-corrected chi connectivity index (χ0v) is 12.1. The molecule has 5 heteroatoms. The normalized spacial score (nSPS) is 10.8. The lowest BCUT2D eigenvalue weighted by Gasteiger charge is -2.08. The van der Waals surface area contributed by atoms with Crippen LogP contribution in [0, 0.1) is 0 Å². The molecule has 0 spiro atoms. The molecule has 20 heavy (non-hydrogen) atoms. The number of methoxy groups -OCH3 is 1. The SMILES string of the molecule is COc1ccc(Cc2nccc(CNC(C)C)n2)cn1. The largest absolute Gasteiger partial charge is 0.481 e. The Morgan fingerprint density at radius 1 is 1.20 bits per heavy atom. The van der Waals surface area contributed by atoms with Gasteiger partial charge in [-0.15, -0.1) is 0 Å². The fraction of sp³-hybridized carbons (Fsp3) is 0.400. The molecule has 0 amide bonds. The van der Waals surface area contributed by atoms with Crippen molar-refractivity contribution >= 4 is 0 Å². The third-order valence-corrected chi connectivity index (χ3v) is 2.82. The fourth-order valence-corrected chi connectivity index (χ4v) is 1.75. The van der Waals surface area contributed by atoms with Crippen molar-refractivity contribution < 1.29 is 4.74 Å². The van der Waals surface area contributed by atoms with E-state index in [-0.39, 0.29) is 0 Å². The van der Waals surface area contributed by atoms with E-state index in [1.54, 1.807) is 19.5 Å². The first-order valence-electron chi connectivity index (χ1n) is 6.70. The van der Waals surface area contributed by atoms with Gasteiger partial charge in [0.15, 0.2) is 0 Å². The summed E-state index contributed by atoms with van der Waals surface area (Å²) >= 11 is 0. The molecule has 2 aromatic rings. The van der Waals surface area contributed by atoms with E-state index in [1.807, 2.05) is 18.2 Å². The zero-order chi connectivity index (χ0) is 14.4. The van der Waals surface area contributed by atoms with E-state index in [4.69, 9.17) is 4.74 Å². The van der Waals surface area contributed by atoms with Crippen molar-refractivity contribution in [2.24, 2.45) is 0 Å². The highest BCUT2D eigenvalue weighted by Gasteiger charge is 2.03. The maximum atomic E-state index is 5.04. The summed E-state index contributed by atoms with van der Waals surface area (Å²) in [5.74, 6) is 1.42. The van der Waals surface area contributed by atoms with Crippen LogP contribution in [-0.2, 0) is 13.0 Å². The highest BCUT2D eigenvalue weighted by Crippen LogP contribution is 2.09. The summed E-state index contributed by atoms with van der Waals surface area (Å²) < 4.78 is 5.04. The molecular weight excluding hydrogens is 252 g/mol. The average Bonchev–Trinajstić information content (AvgIpc) is 2.46. The molecule has 0 fully saturated rings. The van der Waals surface area contributed by atoms with Crippen LogP contribution in [0.25, 0.3) is 0 Å². The van der Waals surface area contributed by atoms with E-state index in [0.29, 0.717) is 18.3 Å². The van der Waals surface area contributed by atoms with Gasteiger partial charge in [-0.3, -0.25) is 0 Å². The van der Waals surface area contributed by atoms with Gasteiger partial charge < -0.3 is 10.1 Å². The number of ether oxygens (including phenoxy) is 1. The maximum Gasteiger partial charge on any atom is 0.212 e. The van der Waals surface area contributed by atoms with Gasteiger partial charge in [-0.1, -0.05) is 19.9 Å². The van der Waals surface area contributed by atoms with E-state index in [9.17, 15) is 0 Å². The predicted octanol–water partition coefficient (Wildman–Crippen LogP) is 1.97. The first kappa shape index (κ1) is 14.4. The van der Waals surface area contributed by atoms with Crippen LogP contribution >= 0.6 is 0 Å². The second-order valence-corrected chi connectivity index (χ2v) is 4.89. The quantitative estimate of drug-likeness (QED) is 0.871. The molecule has 0 aliphatic carbocycles. The molecule has 1 N–H and O–H groups in total. The molecule has 2 rings (SSSR count). The number of pyridine rings is 1. The van der Waals surface area contributed by atoms with Gasteiger partial charge in [-0.2, -0.15) is 0 Å². The number of rotatable bonds is 6. The fourth-order valence-electron chi connectivity index (χ4n) is 1.75. The standard InChI is InChI=1S/C15H20N4O/c1-11(2)17-10-13-6-7-16-14(19-13)8-12-4-5-15(20-3)18-9-12/h4-7,9,11,17H,8,10H2,1-3H3. The monoisotopic (exact) mass is 272 g/mol. The molecular formula is C15H20N4O. The minimum Gasteiger partial charge on any atom is -0.481 e. The molecule has 0 aliphatic heterocycles. The van der Waals surface area contributed by atoms with E-state index >= 15 is 0 Å². The Hall–Kier alpha value is -2.01. The Kier molecular flexibility index (Phi) is 5.01. The van der Waals surface area contributed by atoms with Gasteiger partial charge in [0.25, 0.3) is 0 Å². The molecule has 0 bridgehead atoms. The van der Waals surface area contributed by atoms with Crippen molar-refractivity contribution in [1.29, 1.82) is 0 Å². The lowest BCUT2D eigenvalue weighted by atomic mass is 10.2. The van der Waals surface area contributed by atoms with Crippen LogP contribution in [0.1, 0.15) is 30.9 Å². The molecule has 0 saturated carbocycles. The van der Waals surface area contributed by atoms with E-state index in [1.165, 1.54) is 0 Å². The summed E-state index contributed by atoms with van der Waals surface area (Å²) in [5, 5.41) is 3.35. The second-order valence-electron chi connectivity index (χ2n) is 4.89. The minimum atomic E-state index is 0.444. The first-order valence-corrected chi connectivity index (χ1v) is 6.70. The summed E-state index contributed by atoms with van der Waals surface area (Å²) in [4.78, 5) is 13.0. The summed E-state index contributed by atoms with van der Waals surface area (Å²) in [5.41, 5.74) is 2.07. The minimum absolute atomic E-state index is 0.444. The van der Waals surface area contributed by atoms with Crippen molar-refractivity contribution in [2.75, 3.05) is 7.11 Å². The Labute approximate surface area is 119 Å². The van der Waals surface area contributed by atoms with Crippen LogP contribution in [0.4, 0.5) is 0 Å². The van der Waals surface area contributed by atoms with Crippen LogP contribution < -0.4 is 10.1 Å². The van der Waals surface area contributed by atoms with E-state index in [2.05, 4.69) is 34.1 Å². The summed E-state index contributed by atoms with van der Waals surface area (Å²) in [7, 11) is 1.61. The van der Waals surface area contributed by atoms with Gasteiger partial charge in [-0.25, -0.2) is 15.0 Å². The van der Waals surface area contributed by atoms with Crippen LogP contribution in [-0.4, -0.2) is 28.1 Å². The average molecular weight is 272 g/mol. The number of nitrogens with zero attached hydrogens (tertiary/aromatic N) is 3. The van der Waals surface area contributed by atoms with E-state index in [0.717, 1.165) is 23.6 Å². The lowest BCUT2D eigenvalue weighted by Crippen LogP contribution is -2.22. The van der Waals surface area contributed by atoms with Crippen LogP contribution in [0.3, 0.4) is 0 Å². The molecule has 0 saturated heterocycles. The molecule has 106 valence electrons. The van der Waals surface area contributed by atoms with Gasteiger partial charge >= 0.3 is 0 Å². The van der Waals surface area contributed by atoms with Crippen molar-refractivity contribution in [2.45, 2.75) is 32.9 Å². The molecule has 2 aromatic heterocycles. The summed E-state index contributed by atoms with van der Waals surface area (Å²) in [6.45, 7) is 4.99. The zero-order valence-electron chi connectivity index (χ0n) is 12.1. The number of aromatic nitrogens is 3. The van der Waals surface area contributed by atoms with Gasteiger partial charge in [0.2, 0.25) is 5.88 Å². The molecule has 0 radical (unpaired) electrons. The molecule has 0 aromatic carbocycles. The Bertz CT molecular complexity index is 540. The highest BCUT2D eigenvalue weighted by molar-refractivity contribution is 5.21. The molecule has 0 atom stereocenters. The van der Waals surface area contributed by atoms with E-state index < -0.39 is 0 Å². The van der Waals surface area contributed by atoms with Crippen LogP contribution in [0.5, 0.6) is 5.88 Å². The number of hydrogen-bond donors (Lipinski definition) is 1. The van der Waals surface area contributed by atoms with Gasteiger partial charge in [0.1, 0.15) is 5.82 Å². The van der Waals surface area contributed by atoms with Crippen LogP contribution in [0.15, 0.2) is 30.6 Å². The highest BCUT2D eigenvalue weighted by atomic mass is 16.5. The summed E-state index contributed by atoms with van der Waals surface area (Å²) in [6.07, 6.45) is 4.27. The smallest absolute Gasteiger partial charge is 0.212 e. The molecule has 5 nitrogen and oxygen atoms in total. The van der Waals surface area contributed by atoms with Crippen molar-refractivity contribution in [3.05, 3.63) is 47.7 Å². The number of nitrogens with one attached hydrogen (secondary N) is 1. The van der Waals surface area contributed by atoms with Crippen LogP contribution in [0.2, 0.25) is 0 Å². The predicted molar refractivity (Wildman–Crippen MR) is 77.6 cm³/mol. The first-order chi connectivity index (χ1) is 9.67. The topological polar surface area (TPSA) is 59.9 Å². The van der Waals surface area contributed by atoms with Crippen molar-refractivity contribution in [3.63, 3.8) is 0 Å². The van der Waals surface area contributed by atoms with Gasteiger partial charge in [0, 0.05) is 37.5 Å². The number of hydrogen-bond acceptors (Lipinski definition) is 5. The molecule has 0 aliphatic rings. The Morgan fingerprint density at radius 2 is 2.05 bits per heavy atom. The molecule has 2 heterocycles. The second kappa shape index (κ2) is 6.96. The Morgan fingerprint density at radius 3 is 2.70 bits per heavy atom. The third-order valence-electron chi connectivity index (χ3n) is 2.82. The van der Waals surface area contributed by atoms with Crippen molar-refractivity contribution in [3.8, 4) is 5.88 Å². The Balaban J connectivity index is 2.02.